The van der Waals surface area contributed by atoms with Crippen molar-refractivity contribution in [3.63, 3.8) is 0 Å². The van der Waals surface area contributed by atoms with Crippen LogP contribution >= 0.6 is 0 Å². The third-order valence-corrected chi connectivity index (χ3v) is 4.09. The van der Waals surface area contributed by atoms with Gasteiger partial charge in [0.15, 0.2) is 0 Å². The van der Waals surface area contributed by atoms with E-state index in [0.717, 1.165) is 6.54 Å². The lowest BCUT2D eigenvalue weighted by Crippen LogP contribution is -2.18. The summed E-state index contributed by atoms with van der Waals surface area (Å²) in [5.74, 6) is 0. The van der Waals surface area contributed by atoms with Crippen LogP contribution in [0.5, 0.6) is 0 Å². The van der Waals surface area contributed by atoms with E-state index < -0.39 is 0 Å². The lowest BCUT2D eigenvalue weighted by molar-refractivity contribution is 0.573. The predicted octanol–water partition coefficient (Wildman–Crippen LogP) is 4.77. The average Bonchev–Trinajstić information content (AvgIpc) is 2.41. The van der Waals surface area contributed by atoms with Gasteiger partial charge in [-0.2, -0.15) is 0 Å². The predicted molar refractivity (Wildman–Crippen MR) is 87.1 cm³/mol. The minimum absolute atomic E-state index is 0.371. The minimum Gasteiger partial charge on any atom is -0.306 e. The van der Waals surface area contributed by atoms with E-state index in [0.29, 0.717) is 6.04 Å². The molecule has 0 spiro atoms. The summed E-state index contributed by atoms with van der Waals surface area (Å²) in [6.07, 6.45) is 0. The molecule has 0 amide bonds. The van der Waals surface area contributed by atoms with Crippen LogP contribution in [0.3, 0.4) is 0 Å². The SMILES string of the molecule is Cc1cccc([C@@H](C)NCc2cc(C)c(C)cc2C)c1. The molecule has 0 fully saturated rings. The first kappa shape index (κ1) is 14.8. The van der Waals surface area contributed by atoms with Crippen LogP contribution in [0.15, 0.2) is 36.4 Å². The van der Waals surface area contributed by atoms with Crippen LogP contribution in [0.2, 0.25) is 0 Å². The second kappa shape index (κ2) is 6.23. The molecule has 2 aromatic carbocycles. The van der Waals surface area contributed by atoms with E-state index >= 15 is 0 Å². The summed E-state index contributed by atoms with van der Waals surface area (Å²) in [5.41, 5.74) is 8.18. The molecule has 0 heterocycles. The molecule has 0 aromatic heterocycles. The molecule has 1 nitrogen and oxygen atoms in total. The Bertz CT molecular complexity index is 599. The summed E-state index contributed by atoms with van der Waals surface area (Å²) in [5, 5.41) is 3.63. The number of benzene rings is 2. The lowest BCUT2D eigenvalue weighted by atomic mass is 10.00. The molecule has 0 radical (unpaired) electrons. The van der Waals surface area contributed by atoms with Crippen LogP contribution < -0.4 is 5.32 Å². The van der Waals surface area contributed by atoms with E-state index in [1.54, 1.807) is 0 Å². The van der Waals surface area contributed by atoms with Crippen molar-refractivity contribution in [2.75, 3.05) is 0 Å². The van der Waals surface area contributed by atoms with Gasteiger partial charge < -0.3 is 5.32 Å². The number of nitrogens with one attached hydrogen (secondary N) is 1. The molecule has 0 aliphatic heterocycles. The molecule has 0 saturated heterocycles. The van der Waals surface area contributed by atoms with Gasteiger partial charge in [-0.05, 0) is 62.4 Å². The van der Waals surface area contributed by atoms with Crippen molar-refractivity contribution >= 4 is 0 Å². The van der Waals surface area contributed by atoms with Gasteiger partial charge in [0.05, 0.1) is 0 Å². The Morgan fingerprint density at radius 3 is 2.30 bits per heavy atom. The Morgan fingerprint density at radius 2 is 1.60 bits per heavy atom. The highest BCUT2D eigenvalue weighted by molar-refractivity contribution is 5.36. The van der Waals surface area contributed by atoms with Crippen LogP contribution in [0.1, 0.15) is 46.3 Å². The fraction of sp³-hybridized carbons (Fsp3) is 0.368. The van der Waals surface area contributed by atoms with Gasteiger partial charge in [0.1, 0.15) is 0 Å². The van der Waals surface area contributed by atoms with Gasteiger partial charge in [0.2, 0.25) is 0 Å². The molecule has 1 N–H and O–H groups in total. The number of hydrogen-bond donors (Lipinski definition) is 1. The molecule has 0 unspecified atom stereocenters. The third kappa shape index (κ3) is 3.49. The van der Waals surface area contributed by atoms with Crippen LogP contribution in [0.4, 0.5) is 0 Å². The van der Waals surface area contributed by atoms with Gasteiger partial charge in [0.25, 0.3) is 0 Å². The van der Waals surface area contributed by atoms with E-state index in [9.17, 15) is 0 Å². The van der Waals surface area contributed by atoms with Crippen molar-refractivity contribution in [2.24, 2.45) is 0 Å². The maximum atomic E-state index is 3.63. The van der Waals surface area contributed by atoms with Crippen LogP contribution in [-0.2, 0) is 6.54 Å². The molecule has 106 valence electrons. The third-order valence-electron chi connectivity index (χ3n) is 4.09. The Labute approximate surface area is 123 Å². The quantitative estimate of drug-likeness (QED) is 0.841. The van der Waals surface area contributed by atoms with Crippen molar-refractivity contribution in [3.05, 3.63) is 69.8 Å². The van der Waals surface area contributed by atoms with Gasteiger partial charge in [-0.25, -0.2) is 0 Å². The molecular formula is C19H25N. The van der Waals surface area contributed by atoms with Crippen molar-refractivity contribution in [3.8, 4) is 0 Å². The highest BCUT2D eigenvalue weighted by atomic mass is 14.9. The smallest absolute Gasteiger partial charge is 0.0295 e. The summed E-state index contributed by atoms with van der Waals surface area (Å²) in [7, 11) is 0. The molecule has 2 aromatic rings. The highest BCUT2D eigenvalue weighted by Gasteiger charge is 2.07. The Hall–Kier alpha value is -1.60. The van der Waals surface area contributed by atoms with Gasteiger partial charge in [-0.3, -0.25) is 0 Å². The highest BCUT2D eigenvalue weighted by Crippen LogP contribution is 2.18. The van der Waals surface area contributed by atoms with Crippen LogP contribution in [-0.4, -0.2) is 0 Å². The molecule has 2 rings (SSSR count). The first-order chi connectivity index (χ1) is 9.47. The molecule has 0 saturated carbocycles. The average molecular weight is 267 g/mol. The van der Waals surface area contributed by atoms with Gasteiger partial charge >= 0.3 is 0 Å². The largest absolute Gasteiger partial charge is 0.306 e. The molecular weight excluding hydrogens is 242 g/mol. The second-order valence-corrected chi connectivity index (χ2v) is 5.88. The van der Waals surface area contributed by atoms with Crippen molar-refractivity contribution in [1.82, 2.24) is 5.32 Å². The molecule has 20 heavy (non-hydrogen) atoms. The summed E-state index contributed by atoms with van der Waals surface area (Å²) < 4.78 is 0. The maximum Gasteiger partial charge on any atom is 0.0295 e. The van der Waals surface area contributed by atoms with Gasteiger partial charge in [-0.15, -0.1) is 0 Å². The number of rotatable bonds is 4. The number of aryl methyl sites for hydroxylation is 4. The van der Waals surface area contributed by atoms with Crippen LogP contribution in [0, 0.1) is 27.7 Å². The fourth-order valence-corrected chi connectivity index (χ4v) is 2.53. The number of hydrogen-bond acceptors (Lipinski definition) is 1. The molecule has 0 bridgehead atoms. The summed E-state index contributed by atoms with van der Waals surface area (Å²) in [6.45, 7) is 11.8. The summed E-state index contributed by atoms with van der Waals surface area (Å²) in [6, 6.07) is 13.7. The van der Waals surface area contributed by atoms with E-state index in [-0.39, 0.29) is 0 Å². The van der Waals surface area contributed by atoms with Gasteiger partial charge in [0, 0.05) is 12.6 Å². The zero-order chi connectivity index (χ0) is 14.7. The lowest BCUT2D eigenvalue weighted by Gasteiger charge is -2.17. The molecule has 0 aliphatic rings. The monoisotopic (exact) mass is 267 g/mol. The van der Waals surface area contributed by atoms with Crippen molar-refractivity contribution in [1.29, 1.82) is 0 Å². The van der Waals surface area contributed by atoms with Crippen molar-refractivity contribution < 1.29 is 0 Å². The zero-order valence-corrected chi connectivity index (χ0v) is 13.2. The molecule has 1 atom stereocenters. The van der Waals surface area contributed by atoms with E-state index in [1.165, 1.54) is 33.4 Å². The molecule has 1 heteroatoms. The Morgan fingerprint density at radius 1 is 0.900 bits per heavy atom. The summed E-state index contributed by atoms with van der Waals surface area (Å²) >= 11 is 0. The van der Waals surface area contributed by atoms with E-state index in [4.69, 9.17) is 0 Å². The fourth-order valence-electron chi connectivity index (χ4n) is 2.53. The normalized spacial score (nSPS) is 12.4. The zero-order valence-electron chi connectivity index (χ0n) is 13.2. The first-order valence-corrected chi connectivity index (χ1v) is 7.34. The van der Waals surface area contributed by atoms with E-state index in [2.05, 4.69) is 76.3 Å². The standard InChI is InChI=1S/C19H25N/c1-13-7-6-8-18(9-13)17(5)20-12-19-11-15(3)14(2)10-16(19)4/h6-11,17,20H,12H2,1-5H3/t17-/m1/s1. The van der Waals surface area contributed by atoms with Crippen molar-refractivity contribution in [2.45, 2.75) is 47.2 Å². The van der Waals surface area contributed by atoms with E-state index in [1.807, 2.05) is 0 Å². The topological polar surface area (TPSA) is 12.0 Å². The van der Waals surface area contributed by atoms with Gasteiger partial charge in [-0.1, -0.05) is 42.0 Å². The second-order valence-electron chi connectivity index (χ2n) is 5.88. The first-order valence-electron chi connectivity index (χ1n) is 7.34. The van der Waals surface area contributed by atoms with Crippen LogP contribution in [0.25, 0.3) is 0 Å². The Balaban J connectivity index is 2.07. The minimum atomic E-state index is 0.371. The Kier molecular flexibility index (Phi) is 4.61. The molecule has 0 aliphatic carbocycles. The maximum absolute atomic E-state index is 3.63. The summed E-state index contributed by atoms with van der Waals surface area (Å²) in [4.78, 5) is 0.